The van der Waals surface area contributed by atoms with Gasteiger partial charge in [0.05, 0.1) is 0 Å². The van der Waals surface area contributed by atoms with Crippen LogP contribution in [0.25, 0.3) is 0 Å². The molecule has 2 atom stereocenters. The molecule has 3 nitrogen and oxygen atoms in total. The fourth-order valence-electron chi connectivity index (χ4n) is 4.04. The smallest absolute Gasteiger partial charge is 0.318 e. The van der Waals surface area contributed by atoms with E-state index in [1.54, 1.807) is 24.3 Å². The average molecular weight is 330 g/mol. The zero-order valence-electron chi connectivity index (χ0n) is 13.6. The number of rotatable bonds is 3. The highest BCUT2D eigenvalue weighted by atomic mass is 16.4. The lowest BCUT2D eigenvalue weighted by atomic mass is 9.74. The third-order valence-corrected chi connectivity index (χ3v) is 5.23. The number of aromatic hydroxyl groups is 1. The number of carboxylic acids is 1. The van der Waals surface area contributed by atoms with Crippen molar-refractivity contribution in [2.24, 2.45) is 0 Å². The van der Waals surface area contributed by atoms with Crippen LogP contribution in [0, 0.1) is 0 Å². The molecule has 4 rings (SSSR count). The van der Waals surface area contributed by atoms with E-state index >= 15 is 0 Å². The van der Waals surface area contributed by atoms with Gasteiger partial charge in [0.15, 0.2) is 0 Å². The Bertz CT molecular complexity index is 916. The maximum absolute atomic E-state index is 12.5. The van der Waals surface area contributed by atoms with Crippen LogP contribution in [-0.2, 0) is 10.2 Å². The van der Waals surface area contributed by atoms with E-state index in [0.29, 0.717) is 12.0 Å². The average Bonchev–Trinajstić information content (AvgIpc) is 3.00. The summed E-state index contributed by atoms with van der Waals surface area (Å²) in [6, 6.07) is 24.4. The standard InChI is InChI=1S/C22H18O3/c23-17-12-10-16(11-13-17)22(21(24)25)14-19(15-6-2-1-3-7-15)18-8-4-5-9-20(18)22/h1-13,19,23H,14H2,(H,24,25). The molecule has 0 fully saturated rings. The molecule has 0 bridgehead atoms. The van der Waals surface area contributed by atoms with Crippen LogP contribution in [0.5, 0.6) is 5.75 Å². The molecule has 3 heteroatoms. The Labute approximate surface area is 146 Å². The van der Waals surface area contributed by atoms with E-state index in [-0.39, 0.29) is 11.7 Å². The number of phenols is 1. The Kier molecular flexibility index (Phi) is 3.57. The van der Waals surface area contributed by atoms with Gasteiger partial charge < -0.3 is 10.2 Å². The molecule has 0 aliphatic heterocycles. The summed E-state index contributed by atoms with van der Waals surface area (Å²) >= 11 is 0. The maximum atomic E-state index is 12.5. The third-order valence-electron chi connectivity index (χ3n) is 5.23. The van der Waals surface area contributed by atoms with E-state index < -0.39 is 11.4 Å². The largest absolute Gasteiger partial charge is 0.508 e. The van der Waals surface area contributed by atoms with E-state index in [1.807, 2.05) is 42.5 Å². The second kappa shape index (κ2) is 5.78. The molecule has 2 N–H and O–H groups in total. The zero-order chi connectivity index (χ0) is 17.4. The van der Waals surface area contributed by atoms with Gasteiger partial charge in [-0.1, -0.05) is 66.7 Å². The summed E-state index contributed by atoms with van der Waals surface area (Å²) in [5.74, 6) is -0.693. The van der Waals surface area contributed by atoms with Crippen LogP contribution in [0.2, 0.25) is 0 Å². The Hall–Kier alpha value is -3.07. The molecule has 0 amide bonds. The van der Waals surface area contributed by atoms with Crippen molar-refractivity contribution in [2.75, 3.05) is 0 Å². The molecule has 124 valence electrons. The van der Waals surface area contributed by atoms with Gasteiger partial charge in [-0.3, -0.25) is 4.79 Å². The first-order valence-electron chi connectivity index (χ1n) is 8.30. The predicted octanol–water partition coefficient (Wildman–Crippen LogP) is 4.30. The van der Waals surface area contributed by atoms with Crippen LogP contribution in [0.1, 0.15) is 34.6 Å². The van der Waals surface area contributed by atoms with Gasteiger partial charge in [0.2, 0.25) is 0 Å². The normalized spacial score (nSPS) is 21.7. The molecule has 3 aromatic carbocycles. The Morgan fingerprint density at radius 3 is 2.20 bits per heavy atom. The molecule has 0 spiro atoms. The van der Waals surface area contributed by atoms with Crippen molar-refractivity contribution in [3.05, 3.63) is 101 Å². The third kappa shape index (κ3) is 2.31. The van der Waals surface area contributed by atoms with E-state index in [4.69, 9.17) is 0 Å². The van der Waals surface area contributed by atoms with Gasteiger partial charge in [-0.15, -0.1) is 0 Å². The summed E-state index contributed by atoms with van der Waals surface area (Å²) in [5, 5.41) is 19.8. The minimum atomic E-state index is -1.11. The molecule has 1 aliphatic rings. The van der Waals surface area contributed by atoms with Crippen LogP contribution < -0.4 is 0 Å². The van der Waals surface area contributed by atoms with E-state index in [1.165, 1.54) is 0 Å². The second-order valence-electron chi connectivity index (χ2n) is 6.51. The van der Waals surface area contributed by atoms with Crippen molar-refractivity contribution in [3.8, 4) is 5.75 Å². The van der Waals surface area contributed by atoms with Crippen molar-refractivity contribution >= 4 is 5.97 Å². The number of aliphatic carboxylic acids is 1. The van der Waals surface area contributed by atoms with Gasteiger partial charge in [0.25, 0.3) is 0 Å². The molecule has 0 saturated heterocycles. The summed E-state index contributed by atoms with van der Waals surface area (Å²) in [5.41, 5.74) is 2.61. The van der Waals surface area contributed by atoms with Crippen LogP contribution in [0.3, 0.4) is 0 Å². The summed E-state index contributed by atoms with van der Waals surface area (Å²) < 4.78 is 0. The number of hydrogen-bond acceptors (Lipinski definition) is 2. The highest BCUT2D eigenvalue weighted by Gasteiger charge is 2.51. The molecular weight excluding hydrogens is 312 g/mol. The Morgan fingerprint density at radius 2 is 1.52 bits per heavy atom. The summed E-state index contributed by atoms with van der Waals surface area (Å²) in [4.78, 5) is 12.5. The molecule has 0 radical (unpaired) electrons. The van der Waals surface area contributed by atoms with Gasteiger partial charge in [-0.2, -0.15) is 0 Å². The van der Waals surface area contributed by atoms with E-state index in [0.717, 1.165) is 16.7 Å². The van der Waals surface area contributed by atoms with Gasteiger partial charge in [-0.05, 0) is 40.8 Å². The van der Waals surface area contributed by atoms with Crippen molar-refractivity contribution in [3.63, 3.8) is 0 Å². The molecule has 0 saturated carbocycles. The van der Waals surface area contributed by atoms with Crippen molar-refractivity contribution in [1.29, 1.82) is 0 Å². The highest BCUT2D eigenvalue weighted by Crippen LogP contribution is 2.52. The van der Waals surface area contributed by atoms with Crippen molar-refractivity contribution in [2.45, 2.75) is 17.8 Å². The summed E-state index contributed by atoms with van der Waals surface area (Å²) in [6.07, 6.45) is 0.469. The van der Waals surface area contributed by atoms with Crippen molar-refractivity contribution in [1.82, 2.24) is 0 Å². The van der Waals surface area contributed by atoms with Gasteiger partial charge in [0, 0.05) is 5.92 Å². The predicted molar refractivity (Wildman–Crippen MR) is 95.9 cm³/mol. The lowest BCUT2D eigenvalue weighted by Gasteiger charge is -2.27. The van der Waals surface area contributed by atoms with E-state index in [9.17, 15) is 15.0 Å². The van der Waals surface area contributed by atoms with E-state index in [2.05, 4.69) is 12.1 Å². The number of benzene rings is 3. The number of fused-ring (bicyclic) bond motifs is 1. The van der Waals surface area contributed by atoms with Gasteiger partial charge in [0.1, 0.15) is 11.2 Å². The molecule has 1 aliphatic carbocycles. The van der Waals surface area contributed by atoms with Gasteiger partial charge >= 0.3 is 5.97 Å². The van der Waals surface area contributed by atoms with Crippen LogP contribution >= 0.6 is 0 Å². The lowest BCUT2D eigenvalue weighted by Crippen LogP contribution is -2.35. The first-order valence-corrected chi connectivity index (χ1v) is 8.30. The first-order chi connectivity index (χ1) is 12.1. The number of phenolic OH excluding ortho intramolecular Hbond substituents is 1. The van der Waals surface area contributed by atoms with Crippen LogP contribution in [0.15, 0.2) is 78.9 Å². The molecule has 0 heterocycles. The molecule has 0 aromatic heterocycles. The lowest BCUT2D eigenvalue weighted by molar-refractivity contribution is -0.142. The molecule has 3 aromatic rings. The Balaban J connectivity index is 1.94. The fraction of sp³-hybridized carbons (Fsp3) is 0.136. The fourth-order valence-corrected chi connectivity index (χ4v) is 4.04. The summed E-state index contributed by atoms with van der Waals surface area (Å²) in [6.45, 7) is 0. The van der Waals surface area contributed by atoms with Crippen LogP contribution in [0.4, 0.5) is 0 Å². The minimum Gasteiger partial charge on any atom is -0.508 e. The number of hydrogen-bond donors (Lipinski definition) is 2. The molecular formula is C22H18O3. The van der Waals surface area contributed by atoms with Gasteiger partial charge in [-0.25, -0.2) is 0 Å². The first kappa shape index (κ1) is 15.5. The zero-order valence-corrected chi connectivity index (χ0v) is 13.6. The highest BCUT2D eigenvalue weighted by molar-refractivity contribution is 5.88. The van der Waals surface area contributed by atoms with Crippen molar-refractivity contribution < 1.29 is 15.0 Å². The monoisotopic (exact) mass is 330 g/mol. The number of carboxylic acid groups (broad SMARTS) is 1. The minimum absolute atomic E-state index is 0.0299. The quantitative estimate of drug-likeness (QED) is 0.753. The molecule has 25 heavy (non-hydrogen) atoms. The van der Waals surface area contributed by atoms with Crippen LogP contribution in [-0.4, -0.2) is 16.2 Å². The number of carbonyl (C=O) groups is 1. The summed E-state index contributed by atoms with van der Waals surface area (Å²) in [7, 11) is 0. The second-order valence-corrected chi connectivity index (χ2v) is 6.51. The topological polar surface area (TPSA) is 57.5 Å². The Morgan fingerprint density at radius 1 is 0.880 bits per heavy atom. The molecule has 2 unspecified atom stereocenters. The SMILES string of the molecule is O=C(O)C1(c2ccc(O)cc2)CC(c2ccccc2)c2ccccc21. The maximum Gasteiger partial charge on any atom is 0.318 e.